The molecule has 0 saturated carbocycles. The molecule has 1 rings (SSSR count). The highest BCUT2D eigenvalue weighted by atomic mass is 31.2. The van der Waals surface area contributed by atoms with Gasteiger partial charge in [0.25, 0.3) is 0 Å². The van der Waals surface area contributed by atoms with Gasteiger partial charge < -0.3 is 14.5 Å². The van der Waals surface area contributed by atoms with Gasteiger partial charge in [-0.25, -0.2) is 13.7 Å². The van der Waals surface area contributed by atoms with Crippen molar-refractivity contribution in [1.29, 1.82) is 0 Å². The first kappa shape index (κ1) is 31.4. The van der Waals surface area contributed by atoms with E-state index in [0.29, 0.717) is 6.42 Å². The lowest BCUT2D eigenvalue weighted by molar-refractivity contribution is -0.0366. The normalized spacial score (nSPS) is 27.1. The smallest absolute Gasteiger partial charge is 0.381 e. The Kier molecular flexibility index (Phi) is 12.9. The molecule has 1 aliphatic rings. The first-order valence-electron chi connectivity index (χ1n) is 10.4. The van der Waals surface area contributed by atoms with Crippen LogP contribution in [0.5, 0.6) is 0 Å². The van der Waals surface area contributed by atoms with Gasteiger partial charge in [-0.3, -0.25) is 31.7 Å². The standard InChI is InChI=1S/C16H36BO13P3/c1-16(2,3)15-13(12-14(17)29-15)30-32(20,21)26-9-7-11-28-33(22,24-5)27-10-6-8-25-31(18,19)23-4/h13-15H,6-12,17H2,1-5H3,(H,18,19)(H,20,21). The molecule has 1 heterocycles. The highest BCUT2D eigenvalue weighted by molar-refractivity contribution is 7.48. The number of rotatable bonds is 16. The van der Waals surface area contributed by atoms with Crippen LogP contribution in [0.3, 0.4) is 0 Å². The summed E-state index contributed by atoms with van der Waals surface area (Å²) in [5, 5.41) is 0. The molecule has 0 bridgehead atoms. The minimum absolute atomic E-state index is 0.101. The van der Waals surface area contributed by atoms with Gasteiger partial charge in [0, 0.05) is 20.2 Å². The van der Waals surface area contributed by atoms with E-state index in [1.165, 1.54) is 0 Å². The Balaban J connectivity index is 2.34. The predicted octanol–water partition coefficient (Wildman–Crippen LogP) is 2.61. The summed E-state index contributed by atoms with van der Waals surface area (Å²) in [7, 11) is -8.27. The molecule has 0 radical (unpaired) electrons. The summed E-state index contributed by atoms with van der Waals surface area (Å²) in [6, 6.07) is -0.101. The van der Waals surface area contributed by atoms with Crippen molar-refractivity contribution in [2.75, 3.05) is 40.6 Å². The first-order chi connectivity index (χ1) is 15.1. The third-order valence-corrected chi connectivity index (χ3v) is 7.90. The Hall–Kier alpha value is 0.355. The van der Waals surface area contributed by atoms with Crippen molar-refractivity contribution >= 4 is 31.3 Å². The van der Waals surface area contributed by atoms with Gasteiger partial charge in [0.05, 0.1) is 38.6 Å². The van der Waals surface area contributed by atoms with Crippen molar-refractivity contribution in [3.8, 4) is 0 Å². The maximum atomic E-state index is 12.3. The molecule has 0 spiro atoms. The molecule has 0 aromatic heterocycles. The van der Waals surface area contributed by atoms with E-state index in [1.54, 1.807) is 0 Å². The SMILES string of the molecule is BC1CC(OP(=O)(O)OCCCOP(=O)(OC)OCCCOP(=O)(O)OC)C(C(C)(C)C)O1. The molecule has 6 unspecified atom stereocenters. The summed E-state index contributed by atoms with van der Waals surface area (Å²) in [5.74, 6) is 0. The molecular weight excluding hydrogens is 504 g/mol. The Morgan fingerprint density at radius 3 is 1.82 bits per heavy atom. The molecule has 0 aromatic rings. The second-order valence-electron chi connectivity index (χ2n) is 8.40. The Morgan fingerprint density at radius 1 is 0.879 bits per heavy atom. The van der Waals surface area contributed by atoms with Crippen LogP contribution < -0.4 is 0 Å². The molecular formula is C16H36BO13P3. The van der Waals surface area contributed by atoms with Crippen LogP contribution in [0.4, 0.5) is 0 Å². The second-order valence-corrected chi connectivity index (χ2v) is 13.1. The fraction of sp³-hybridized carbons (Fsp3) is 1.00. The zero-order chi connectivity index (χ0) is 25.3. The van der Waals surface area contributed by atoms with Crippen LogP contribution in [-0.2, 0) is 50.1 Å². The summed E-state index contributed by atoms with van der Waals surface area (Å²) in [6.07, 6.45) is -0.233. The zero-order valence-electron chi connectivity index (χ0n) is 19.9. The summed E-state index contributed by atoms with van der Waals surface area (Å²) in [5.41, 5.74) is -0.280. The molecule has 1 fully saturated rings. The van der Waals surface area contributed by atoms with E-state index in [2.05, 4.69) is 9.05 Å². The molecule has 0 aliphatic carbocycles. The van der Waals surface area contributed by atoms with Gasteiger partial charge in [0.15, 0.2) is 0 Å². The van der Waals surface area contributed by atoms with E-state index in [4.69, 9.17) is 32.2 Å². The third-order valence-electron chi connectivity index (χ3n) is 4.44. The van der Waals surface area contributed by atoms with Gasteiger partial charge in [-0.05, 0) is 24.7 Å². The zero-order valence-corrected chi connectivity index (χ0v) is 22.6. The van der Waals surface area contributed by atoms with Crippen molar-refractivity contribution < 1.29 is 59.9 Å². The van der Waals surface area contributed by atoms with E-state index in [0.717, 1.165) is 14.2 Å². The van der Waals surface area contributed by atoms with Crippen LogP contribution in [-0.4, -0.2) is 76.5 Å². The number of phosphoric acid groups is 3. The molecule has 196 valence electrons. The van der Waals surface area contributed by atoms with Crippen molar-refractivity contribution in [2.24, 2.45) is 5.41 Å². The molecule has 1 aliphatic heterocycles. The van der Waals surface area contributed by atoms with Crippen molar-refractivity contribution in [1.82, 2.24) is 0 Å². The highest BCUT2D eigenvalue weighted by Crippen LogP contribution is 2.50. The maximum Gasteiger partial charge on any atom is 0.474 e. The molecule has 0 aromatic carbocycles. The Bertz CT molecular complexity index is 731. The molecule has 13 nitrogen and oxygen atoms in total. The average molecular weight is 540 g/mol. The number of hydrogen-bond acceptors (Lipinski definition) is 11. The van der Waals surface area contributed by atoms with E-state index in [1.807, 2.05) is 28.6 Å². The van der Waals surface area contributed by atoms with Crippen LogP contribution in [0.25, 0.3) is 0 Å². The average Bonchev–Trinajstić information content (AvgIpc) is 3.07. The number of hydrogen-bond donors (Lipinski definition) is 2. The van der Waals surface area contributed by atoms with Crippen LogP contribution in [0.2, 0.25) is 0 Å². The summed E-state index contributed by atoms with van der Waals surface area (Å²) in [6.45, 7) is 5.22. The van der Waals surface area contributed by atoms with Crippen LogP contribution >= 0.6 is 23.5 Å². The fourth-order valence-corrected chi connectivity index (χ4v) is 5.35. The molecule has 17 heteroatoms. The number of ether oxygens (including phenoxy) is 1. The van der Waals surface area contributed by atoms with Crippen molar-refractivity contribution in [3.63, 3.8) is 0 Å². The van der Waals surface area contributed by atoms with E-state index < -0.39 is 29.6 Å². The minimum Gasteiger partial charge on any atom is -0.381 e. The number of phosphoric ester groups is 3. The predicted molar refractivity (Wildman–Crippen MR) is 120 cm³/mol. The molecule has 33 heavy (non-hydrogen) atoms. The van der Waals surface area contributed by atoms with Gasteiger partial charge in [-0.15, -0.1) is 0 Å². The van der Waals surface area contributed by atoms with Gasteiger partial charge in [0.2, 0.25) is 0 Å². The van der Waals surface area contributed by atoms with Gasteiger partial charge in [-0.2, -0.15) is 0 Å². The monoisotopic (exact) mass is 540 g/mol. The first-order valence-corrected chi connectivity index (χ1v) is 14.9. The molecule has 6 atom stereocenters. The lowest BCUT2D eigenvalue weighted by Gasteiger charge is -2.31. The second kappa shape index (κ2) is 13.6. The minimum atomic E-state index is -4.34. The lowest BCUT2D eigenvalue weighted by atomic mass is 9.85. The summed E-state index contributed by atoms with van der Waals surface area (Å²) < 4.78 is 75.7. The third kappa shape index (κ3) is 12.2. The van der Waals surface area contributed by atoms with Crippen molar-refractivity contribution in [2.45, 2.75) is 58.2 Å². The van der Waals surface area contributed by atoms with Crippen molar-refractivity contribution in [3.05, 3.63) is 0 Å². The fourth-order valence-electron chi connectivity index (χ4n) is 2.93. The van der Waals surface area contributed by atoms with Crippen LogP contribution in [0.1, 0.15) is 40.0 Å². The Morgan fingerprint density at radius 2 is 1.36 bits per heavy atom. The van der Waals surface area contributed by atoms with Crippen LogP contribution in [0, 0.1) is 5.41 Å². The Labute approximate surface area is 196 Å². The summed E-state index contributed by atoms with van der Waals surface area (Å²) in [4.78, 5) is 19.1. The van der Waals surface area contributed by atoms with E-state index in [-0.39, 0.29) is 56.8 Å². The van der Waals surface area contributed by atoms with E-state index in [9.17, 15) is 18.6 Å². The quantitative estimate of drug-likeness (QED) is 0.167. The van der Waals surface area contributed by atoms with Gasteiger partial charge >= 0.3 is 23.5 Å². The molecule has 1 saturated heterocycles. The largest absolute Gasteiger partial charge is 0.474 e. The van der Waals surface area contributed by atoms with E-state index >= 15 is 0 Å². The topological polar surface area (TPSA) is 166 Å². The molecule has 2 N–H and O–H groups in total. The molecule has 0 amide bonds. The lowest BCUT2D eigenvalue weighted by Crippen LogP contribution is -2.36. The maximum absolute atomic E-state index is 12.3. The summed E-state index contributed by atoms with van der Waals surface area (Å²) >= 11 is 0. The van der Waals surface area contributed by atoms with Crippen LogP contribution in [0.15, 0.2) is 0 Å². The van der Waals surface area contributed by atoms with Gasteiger partial charge in [0.1, 0.15) is 7.85 Å². The highest BCUT2D eigenvalue weighted by Gasteiger charge is 2.44. The van der Waals surface area contributed by atoms with Gasteiger partial charge in [-0.1, -0.05) is 20.8 Å².